The third-order valence-electron chi connectivity index (χ3n) is 1.56. The first-order valence-corrected chi connectivity index (χ1v) is 4.08. The Labute approximate surface area is 81.4 Å². The molecule has 0 saturated heterocycles. The molecular weight excluding hydrogens is 182 g/mol. The Morgan fingerprint density at radius 3 is 3.07 bits per heavy atom. The van der Waals surface area contributed by atoms with E-state index in [4.69, 9.17) is 16.1 Å². The quantitative estimate of drug-likeness (QED) is 0.570. The van der Waals surface area contributed by atoms with Gasteiger partial charge in [0.05, 0.1) is 6.61 Å². The highest BCUT2D eigenvalue weighted by molar-refractivity contribution is 5.38. The van der Waals surface area contributed by atoms with E-state index < -0.39 is 0 Å². The summed E-state index contributed by atoms with van der Waals surface area (Å²) in [6.45, 7) is 0.307. The molecule has 1 heterocycles. The zero-order valence-electron chi connectivity index (χ0n) is 7.51. The van der Waals surface area contributed by atoms with Crippen LogP contribution in [0.5, 0.6) is 0 Å². The molecule has 1 aromatic rings. The minimum Gasteiger partial charge on any atom is -0.395 e. The first kappa shape index (κ1) is 10.4. The fourth-order valence-electron chi connectivity index (χ4n) is 0.815. The first-order valence-electron chi connectivity index (χ1n) is 4.08. The summed E-state index contributed by atoms with van der Waals surface area (Å²) in [5.74, 6) is 0.528. The molecule has 1 aromatic heterocycles. The highest BCUT2D eigenvalue weighted by Gasteiger charge is 2.01. The number of aliphatic hydroxyl groups is 1. The molecule has 6 heteroatoms. The van der Waals surface area contributed by atoms with Gasteiger partial charge in [0.1, 0.15) is 23.9 Å². The van der Waals surface area contributed by atoms with Gasteiger partial charge in [0.2, 0.25) is 0 Å². The summed E-state index contributed by atoms with van der Waals surface area (Å²) in [5.41, 5.74) is 5.76. The van der Waals surface area contributed by atoms with Crippen molar-refractivity contribution in [1.29, 1.82) is 5.26 Å². The summed E-state index contributed by atoms with van der Waals surface area (Å²) in [6.07, 6.45) is 1.30. The van der Waals surface area contributed by atoms with E-state index in [-0.39, 0.29) is 12.6 Å². The van der Waals surface area contributed by atoms with Crippen LogP contribution in [0, 0.1) is 11.3 Å². The normalized spacial score (nSPS) is 11.8. The number of nitrogens with two attached hydrogens (primary N) is 1. The van der Waals surface area contributed by atoms with Gasteiger partial charge in [-0.3, -0.25) is 0 Å². The SMILES string of the molecule is N#Cc1cc(NCC(N)CO)ncn1. The van der Waals surface area contributed by atoms with Crippen LogP contribution in [0.3, 0.4) is 0 Å². The topological polar surface area (TPSA) is 108 Å². The Bertz CT molecular complexity index is 335. The summed E-state index contributed by atoms with van der Waals surface area (Å²) in [6, 6.07) is 3.08. The van der Waals surface area contributed by atoms with E-state index in [1.807, 2.05) is 6.07 Å². The molecule has 4 N–H and O–H groups in total. The molecular formula is C8H11N5O. The Morgan fingerprint density at radius 2 is 2.43 bits per heavy atom. The van der Waals surface area contributed by atoms with Gasteiger partial charge in [-0.1, -0.05) is 0 Å². The minimum atomic E-state index is -0.337. The Balaban J connectivity index is 2.55. The van der Waals surface area contributed by atoms with Crippen molar-refractivity contribution >= 4 is 5.82 Å². The Morgan fingerprint density at radius 1 is 1.64 bits per heavy atom. The van der Waals surface area contributed by atoms with Crippen molar-refractivity contribution in [2.75, 3.05) is 18.5 Å². The number of nitrogens with zero attached hydrogens (tertiary/aromatic N) is 3. The van der Waals surface area contributed by atoms with Gasteiger partial charge in [-0.2, -0.15) is 5.26 Å². The van der Waals surface area contributed by atoms with Crippen molar-refractivity contribution < 1.29 is 5.11 Å². The number of aliphatic hydroxyl groups excluding tert-OH is 1. The van der Waals surface area contributed by atoms with Gasteiger partial charge in [0, 0.05) is 18.7 Å². The smallest absolute Gasteiger partial charge is 0.145 e. The first-order chi connectivity index (χ1) is 6.76. The van der Waals surface area contributed by atoms with Gasteiger partial charge in [-0.15, -0.1) is 0 Å². The van der Waals surface area contributed by atoms with E-state index in [1.54, 1.807) is 0 Å². The van der Waals surface area contributed by atoms with Crippen LogP contribution in [0.4, 0.5) is 5.82 Å². The second kappa shape index (κ2) is 5.11. The number of nitriles is 1. The van der Waals surface area contributed by atoms with Gasteiger partial charge in [-0.05, 0) is 0 Å². The average molecular weight is 193 g/mol. The van der Waals surface area contributed by atoms with Crippen LogP contribution in [0.2, 0.25) is 0 Å². The van der Waals surface area contributed by atoms with E-state index in [1.165, 1.54) is 12.4 Å². The predicted molar refractivity (Wildman–Crippen MR) is 50.3 cm³/mol. The second-order valence-corrected chi connectivity index (χ2v) is 2.72. The molecule has 1 atom stereocenters. The Hall–Kier alpha value is -1.71. The summed E-state index contributed by atoms with van der Waals surface area (Å²) >= 11 is 0. The summed E-state index contributed by atoms with van der Waals surface area (Å²) in [5, 5.41) is 20.1. The number of anilines is 1. The lowest BCUT2D eigenvalue weighted by molar-refractivity contribution is 0.270. The molecule has 0 radical (unpaired) electrons. The van der Waals surface area contributed by atoms with Crippen LogP contribution in [-0.2, 0) is 0 Å². The molecule has 74 valence electrons. The number of nitrogens with one attached hydrogen (secondary N) is 1. The van der Waals surface area contributed by atoms with Crippen LogP contribution >= 0.6 is 0 Å². The zero-order chi connectivity index (χ0) is 10.4. The second-order valence-electron chi connectivity index (χ2n) is 2.72. The van der Waals surface area contributed by atoms with Crippen molar-refractivity contribution in [3.05, 3.63) is 18.1 Å². The number of rotatable bonds is 4. The maximum absolute atomic E-state index is 8.66. The van der Waals surface area contributed by atoms with Crippen molar-refractivity contribution in [1.82, 2.24) is 9.97 Å². The fraction of sp³-hybridized carbons (Fsp3) is 0.375. The van der Waals surface area contributed by atoms with E-state index >= 15 is 0 Å². The Kier molecular flexibility index (Phi) is 3.79. The van der Waals surface area contributed by atoms with Crippen molar-refractivity contribution in [2.24, 2.45) is 5.73 Å². The largest absolute Gasteiger partial charge is 0.395 e. The van der Waals surface area contributed by atoms with E-state index in [9.17, 15) is 0 Å². The predicted octanol–water partition coefficient (Wildman–Crippen LogP) is -0.920. The molecule has 1 unspecified atom stereocenters. The van der Waals surface area contributed by atoms with Gasteiger partial charge < -0.3 is 16.2 Å². The lowest BCUT2D eigenvalue weighted by Gasteiger charge is -2.09. The maximum atomic E-state index is 8.66. The fourth-order valence-corrected chi connectivity index (χ4v) is 0.815. The van der Waals surface area contributed by atoms with Crippen LogP contribution in [0.25, 0.3) is 0 Å². The van der Waals surface area contributed by atoms with Crippen LogP contribution < -0.4 is 11.1 Å². The zero-order valence-corrected chi connectivity index (χ0v) is 7.51. The van der Waals surface area contributed by atoms with Gasteiger partial charge >= 0.3 is 0 Å². The number of aromatic nitrogens is 2. The highest BCUT2D eigenvalue weighted by atomic mass is 16.3. The molecule has 0 bridgehead atoms. The van der Waals surface area contributed by atoms with Crippen LogP contribution in [-0.4, -0.2) is 34.3 Å². The molecule has 1 rings (SSSR count). The van der Waals surface area contributed by atoms with Crippen molar-refractivity contribution in [2.45, 2.75) is 6.04 Å². The monoisotopic (exact) mass is 193 g/mol. The summed E-state index contributed by atoms with van der Waals surface area (Å²) < 4.78 is 0. The van der Waals surface area contributed by atoms with E-state index in [2.05, 4.69) is 15.3 Å². The van der Waals surface area contributed by atoms with E-state index in [0.29, 0.717) is 18.1 Å². The van der Waals surface area contributed by atoms with Crippen molar-refractivity contribution in [3.63, 3.8) is 0 Å². The third-order valence-corrected chi connectivity index (χ3v) is 1.56. The molecule has 6 nitrogen and oxygen atoms in total. The summed E-state index contributed by atoms with van der Waals surface area (Å²) in [7, 11) is 0. The van der Waals surface area contributed by atoms with Gasteiger partial charge in [-0.25, -0.2) is 9.97 Å². The summed E-state index contributed by atoms with van der Waals surface area (Å²) in [4.78, 5) is 7.60. The molecule has 0 aliphatic rings. The standard InChI is InChI=1S/C8H11N5O/c9-2-7-1-8(13-5-12-7)11-3-6(10)4-14/h1,5-6,14H,3-4,10H2,(H,11,12,13). The van der Waals surface area contributed by atoms with Crippen LogP contribution in [0.15, 0.2) is 12.4 Å². The third kappa shape index (κ3) is 2.97. The average Bonchev–Trinajstić information content (AvgIpc) is 2.26. The van der Waals surface area contributed by atoms with Gasteiger partial charge in [0.15, 0.2) is 0 Å². The molecule has 0 fully saturated rings. The molecule has 0 spiro atoms. The molecule has 0 saturated carbocycles. The molecule has 14 heavy (non-hydrogen) atoms. The molecule has 0 aliphatic heterocycles. The van der Waals surface area contributed by atoms with E-state index in [0.717, 1.165) is 0 Å². The lowest BCUT2D eigenvalue weighted by Crippen LogP contribution is -2.32. The highest BCUT2D eigenvalue weighted by Crippen LogP contribution is 2.01. The molecule has 0 amide bonds. The van der Waals surface area contributed by atoms with Crippen molar-refractivity contribution in [3.8, 4) is 6.07 Å². The lowest BCUT2D eigenvalue weighted by atomic mass is 10.3. The maximum Gasteiger partial charge on any atom is 0.145 e. The molecule has 0 aromatic carbocycles. The number of hydrogen-bond donors (Lipinski definition) is 3. The van der Waals surface area contributed by atoms with Crippen LogP contribution in [0.1, 0.15) is 5.69 Å². The molecule has 0 aliphatic carbocycles. The van der Waals surface area contributed by atoms with Gasteiger partial charge in [0.25, 0.3) is 0 Å². The minimum absolute atomic E-state index is 0.0941. The number of hydrogen-bond acceptors (Lipinski definition) is 6.